The van der Waals surface area contributed by atoms with Crippen LogP contribution in [0.1, 0.15) is 150 Å². The fraction of sp³-hybridized carbons (Fsp3) is 0.483. The van der Waals surface area contributed by atoms with Crippen molar-refractivity contribution in [1.29, 1.82) is 0 Å². The van der Waals surface area contributed by atoms with Crippen LogP contribution in [-0.4, -0.2) is 62.9 Å². The summed E-state index contributed by atoms with van der Waals surface area (Å²) in [6, 6.07) is 28.3. The molecule has 5 aromatic rings. The van der Waals surface area contributed by atoms with Crippen LogP contribution < -0.4 is 14.4 Å². The van der Waals surface area contributed by atoms with Crippen molar-refractivity contribution < 1.29 is 29.2 Å². The highest BCUT2D eigenvalue weighted by molar-refractivity contribution is 5.59. The van der Waals surface area contributed by atoms with Gasteiger partial charge in [-0.2, -0.15) is 0 Å². The minimum Gasteiger partial charge on any atom is -0.507 e. The first-order chi connectivity index (χ1) is 30.6. The van der Waals surface area contributed by atoms with Crippen LogP contribution in [0.2, 0.25) is 0 Å². The van der Waals surface area contributed by atoms with E-state index in [1.165, 1.54) is 11.1 Å². The number of fused-ring (bicyclic) bond motifs is 12. The molecule has 8 rings (SSSR count). The molecule has 0 amide bonds. The summed E-state index contributed by atoms with van der Waals surface area (Å²) < 4.78 is 26.5. The third-order valence-electron chi connectivity index (χ3n) is 13.1. The Hall–Kier alpha value is -4.98. The summed E-state index contributed by atoms with van der Waals surface area (Å²) in [7, 11) is 0. The van der Waals surface area contributed by atoms with Gasteiger partial charge in [0.25, 0.3) is 0 Å². The van der Waals surface area contributed by atoms with Gasteiger partial charge < -0.3 is 34.1 Å². The summed E-state index contributed by atoms with van der Waals surface area (Å²) in [5.41, 5.74) is 12.4. The van der Waals surface area contributed by atoms with E-state index in [4.69, 9.17) is 18.9 Å². The number of anilines is 1. The molecule has 0 saturated carbocycles. The number of phenolic OH excluding ortho intramolecular Hbond substituents is 2. The standard InChI is InChI=1S/C58H75NO6/c1-55(2,3)46-30-38-26-42-34-48(57(7,8)9)36-44-28-40-32-47(56(4,5)6)33-41(52(40)61)29-45-37-49(58(10,11)12)35-43(27-39(31-46)51(38)60)54(45)65-25-23-63-21-19-59(50-16-14-13-15-17-50)18-20-62-22-24-64-53(42)44/h13-17,30-37,60-61H,18-29H2,1-12H3. The second-order valence-corrected chi connectivity index (χ2v) is 22.5. The Kier molecular flexibility index (Phi) is 14.1. The topological polar surface area (TPSA) is 80.6 Å². The molecule has 0 fully saturated rings. The quantitative estimate of drug-likeness (QED) is 0.159. The van der Waals surface area contributed by atoms with Crippen molar-refractivity contribution in [2.45, 2.75) is 130 Å². The fourth-order valence-electron chi connectivity index (χ4n) is 8.98. The van der Waals surface area contributed by atoms with Gasteiger partial charge in [0, 0.05) is 44.5 Å². The van der Waals surface area contributed by atoms with E-state index in [2.05, 4.69) is 161 Å². The number of hydrogen-bond acceptors (Lipinski definition) is 7. The first-order valence-electron chi connectivity index (χ1n) is 23.8. The predicted octanol–water partition coefficient (Wildman–Crippen LogP) is 12.3. The maximum atomic E-state index is 12.6. The summed E-state index contributed by atoms with van der Waals surface area (Å²) >= 11 is 0. The maximum absolute atomic E-state index is 12.6. The lowest BCUT2D eigenvalue weighted by Gasteiger charge is -2.28. The third-order valence-corrected chi connectivity index (χ3v) is 13.1. The first kappa shape index (κ1) is 48.0. The Morgan fingerprint density at radius 3 is 0.969 bits per heavy atom. The Bertz CT molecular complexity index is 2210. The van der Waals surface area contributed by atoms with E-state index in [0.29, 0.717) is 89.9 Å². The summed E-state index contributed by atoms with van der Waals surface area (Å²) in [5.74, 6) is 2.14. The zero-order valence-corrected chi connectivity index (χ0v) is 41.5. The van der Waals surface area contributed by atoms with Gasteiger partial charge in [0.15, 0.2) is 0 Å². The van der Waals surface area contributed by atoms with E-state index in [-0.39, 0.29) is 21.7 Å². The van der Waals surface area contributed by atoms with E-state index >= 15 is 0 Å². The van der Waals surface area contributed by atoms with Crippen LogP contribution in [0.25, 0.3) is 0 Å². The molecule has 65 heavy (non-hydrogen) atoms. The molecular formula is C58H75NO6. The Balaban J connectivity index is 1.50. The lowest BCUT2D eigenvalue weighted by atomic mass is 9.79. The minimum atomic E-state index is -0.186. The lowest BCUT2D eigenvalue weighted by Crippen LogP contribution is -2.31. The average Bonchev–Trinajstić information content (AvgIpc) is 3.21. The molecule has 2 aliphatic heterocycles. The predicted molar refractivity (Wildman–Crippen MR) is 266 cm³/mol. The lowest BCUT2D eigenvalue weighted by molar-refractivity contribution is 0.0953. The van der Waals surface area contributed by atoms with Gasteiger partial charge in [-0.3, -0.25) is 0 Å². The van der Waals surface area contributed by atoms with E-state index in [1.807, 2.05) is 6.07 Å². The monoisotopic (exact) mass is 882 g/mol. The van der Waals surface area contributed by atoms with Gasteiger partial charge in [-0.25, -0.2) is 0 Å². The second-order valence-electron chi connectivity index (χ2n) is 22.5. The van der Waals surface area contributed by atoms with Crippen molar-refractivity contribution in [3.8, 4) is 23.0 Å². The molecule has 1 aliphatic carbocycles. The summed E-state index contributed by atoms with van der Waals surface area (Å²) in [5, 5.41) is 25.1. The fourth-order valence-corrected chi connectivity index (χ4v) is 8.98. The highest BCUT2D eigenvalue weighted by atomic mass is 16.5. The number of hydrogen-bond donors (Lipinski definition) is 2. The molecule has 7 heteroatoms. The number of phenols is 2. The molecule has 0 saturated heterocycles. The molecule has 0 atom stereocenters. The molecule has 348 valence electrons. The average molecular weight is 882 g/mol. The Morgan fingerprint density at radius 2 is 0.677 bits per heavy atom. The van der Waals surface area contributed by atoms with Gasteiger partial charge in [0.1, 0.15) is 36.2 Å². The van der Waals surface area contributed by atoms with Crippen molar-refractivity contribution in [1.82, 2.24) is 0 Å². The molecule has 0 spiro atoms. The van der Waals surface area contributed by atoms with Crippen LogP contribution in [0.5, 0.6) is 23.0 Å². The number of aromatic hydroxyl groups is 2. The zero-order chi connectivity index (χ0) is 46.9. The zero-order valence-electron chi connectivity index (χ0n) is 41.5. The normalized spacial score (nSPS) is 16.1. The number of ether oxygens (including phenoxy) is 4. The Labute approximate surface area is 390 Å². The van der Waals surface area contributed by atoms with E-state index in [9.17, 15) is 10.2 Å². The molecule has 2 N–H and O–H groups in total. The van der Waals surface area contributed by atoms with Crippen molar-refractivity contribution in [3.05, 3.63) is 146 Å². The van der Waals surface area contributed by atoms with Crippen molar-refractivity contribution in [3.63, 3.8) is 0 Å². The smallest absolute Gasteiger partial charge is 0.126 e. The summed E-state index contributed by atoms with van der Waals surface area (Å²) in [6.07, 6.45) is 1.81. The van der Waals surface area contributed by atoms with Crippen LogP contribution in [0.15, 0.2) is 78.9 Å². The van der Waals surface area contributed by atoms with Crippen LogP contribution in [0, 0.1) is 0 Å². The number of benzene rings is 5. The molecule has 5 aromatic carbocycles. The second kappa shape index (κ2) is 19.1. The molecule has 3 aliphatic rings. The number of rotatable bonds is 1. The molecule has 0 unspecified atom stereocenters. The van der Waals surface area contributed by atoms with Crippen molar-refractivity contribution in [2.24, 2.45) is 0 Å². The highest BCUT2D eigenvalue weighted by Gasteiger charge is 2.29. The molecular weight excluding hydrogens is 807 g/mol. The van der Waals surface area contributed by atoms with E-state index in [1.54, 1.807) is 0 Å². The SMILES string of the molecule is CC(C)(C)c1cc2c(O)c(c1)Cc1cc(C(C)(C)C)cc3c1OCCOCCN(c1ccccc1)CCOCCOc1c(cc(C(C)(C)C)cc1Cc1cc(C(C)(C)C)cc(c1O)C3)C2. The molecule has 0 aromatic heterocycles. The molecule has 10 bridgehead atoms. The van der Waals surface area contributed by atoms with Crippen LogP contribution in [-0.2, 0) is 56.8 Å². The van der Waals surface area contributed by atoms with E-state index in [0.717, 1.165) is 72.8 Å². The molecule has 2 heterocycles. The van der Waals surface area contributed by atoms with Gasteiger partial charge in [-0.15, -0.1) is 0 Å². The van der Waals surface area contributed by atoms with Crippen LogP contribution in [0.3, 0.4) is 0 Å². The van der Waals surface area contributed by atoms with E-state index < -0.39 is 0 Å². The van der Waals surface area contributed by atoms with Crippen molar-refractivity contribution in [2.75, 3.05) is 57.6 Å². The van der Waals surface area contributed by atoms with Gasteiger partial charge >= 0.3 is 0 Å². The summed E-state index contributed by atoms with van der Waals surface area (Å²) in [6.45, 7) is 30.8. The van der Waals surface area contributed by atoms with Crippen LogP contribution >= 0.6 is 0 Å². The van der Waals surface area contributed by atoms with Gasteiger partial charge in [-0.1, -0.05) is 150 Å². The third kappa shape index (κ3) is 11.5. The maximum Gasteiger partial charge on any atom is 0.126 e. The Morgan fingerprint density at radius 1 is 0.385 bits per heavy atom. The van der Waals surface area contributed by atoms with Crippen LogP contribution in [0.4, 0.5) is 5.69 Å². The summed E-state index contributed by atoms with van der Waals surface area (Å²) in [4.78, 5) is 2.31. The van der Waals surface area contributed by atoms with Gasteiger partial charge in [0.2, 0.25) is 0 Å². The first-order valence-corrected chi connectivity index (χ1v) is 23.8. The number of para-hydroxylation sites is 1. The highest BCUT2D eigenvalue weighted by Crippen LogP contribution is 2.44. The van der Waals surface area contributed by atoms with Crippen molar-refractivity contribution >= 4 is 5.69 Å². The minimum absolute atomic E-state index is 0.185. The van der Waals surface area contributed by atoms with Gasteiger partial charge in [-0.05, 0) is 101 Å². The largest absolute Gasteiger partial charge is 0.507 e. The molecule has 7 nitrogen and oxygen atoms in total. The van der Waals surface area contributed by atoms with Gasteiger partial charge in [0.05, 0.1) is 26.4 Å². The molecule has 0 radical (unpaired) electrons. The number of nitrogens with zero attached hydrogens (tertiary/aromatic N) is 1.